The van der Waals surface area contributed by atoms with E-state index in [4.69, 9.17) is 5.10 Å². The fourth-order valence-corrected chi connectivity index (χ4v) is 4.30. The SMILES string of the molecule is Cc1ccc(C2=NN(C(=O)CN3CCN(C)CC3)C(c3ccccc3F)C2)c(C)c1. The van der Waals surface area contributed by atoms with Gasteiger partial charge >= 0.3 is 0 Å². The first-order chi connectivity index (χ1) is 14.4. The summed E-state index contributed by atoms with van der Waals surface area (Å²) in [6, 6.07) is 12.5. The van der Waals surface area contributed by atoms with Crippen LogP contribution in [0.2, 0.25) is 0 Å². The standard InChI is InChI=1S/C24H29FN4O/c1-17-8-9-19(18(2)14-17)22-15-23(20-6-4-5-7-21(20)25)29(26-22)24(30)16-28-12-10-27(3)11-13-28/h4-9,14,23H,10-13,15-16H2,1-3H3. The summed E-state index contributed by atoms with van der Waals surface area (Å²) in [5.41, 5.74) is 4.69. The molecular formula is C24H29FN4O. The van der Waals surface area contributed by atoms with Crippen LogP contribution >= 0.6 is 0 Å². The lowest BCUT2D eigenvalue weighted by Gasteiger charge is -2.33. The van der Waals surface area contributed by atoms with Crippen LogP contribution in [-0.4, -0.2) is 66.2 Å². The molecule has 0 saturated carbocycles. The van der Waals surface area contributed by atoms with Gasteiger partial charge in [0.1, 0.15) is 5.82 Å². The Hall–Kier alpha value is -2.57. The number of likely N-dealkylation sites (N-methyl/N-ethyl adjacent to an activating group) is 1. The summed E-state index contributed by atoms with van der Waals surface area (Å²) in [7, 11) is 2.09. The number of carbonyl (C=O) groups excluding carboxylic acids is 1. The lowest BCUT2D eigenvalue weighted by Crippen LogP contribution is -2.48. The van der Waals surface area contributed by atoms with E-state index < -0.39 is 6.04 Å². The first kappa shape index (κ1) is 20.7. The smallest absolute Gasteiger partial charge is 0.257 e. The zero-order valence-electron chi connectivity index (χ0n) is 17.9. The van der Waals surface area contributed by atoms with Crippen molar-refractivity contribution in [2.24, 2.45) is 5.10 Å². The maximum atomic E-state index is 14.6. The van der Waals surface area contributed by atoms with Crippen molar-refractivity contribution >= 4 is 11.6 Å². The Morgan fingerprint density at radius 1 is 1.10 bits per heavy atom. The molecule has 0 spiro atoms. The zero-order valence-corrected chi connectivity index (χ0v) is 17.9. The zero-order chi connectivity index (χ0) is 21.3. The Labute approximate surface area is 177 Å². The highest BCUT2D eigenvalue weighted by molar-refractivity contribution is 6.04. The van der Waals surface area contributed by atoms with Crippen molar-refractivity contribution in [3.8, 4) is 0 Å². The van der Waals surface area contributed by atoms with Gasteiger partial charge in [-0.1, -0.05) is 42.0 Å². The molecule has 0 aliphatic carbocycles. The summed E-state index contributed by atoms with van der Waals surface area (Å²) in [6.45, 7) is 8.02. The maximum Gasteiger partial charge on any atom is 0.257 e. The number of carbonyl (C=O) groups is 1. The summed E-state index contributed by atoms with van der Waals surface area (Å²) in [5.74, 6) is -0.371. The maximum absolute atomic E-state index is 14.6. The number of benzene rings is 2. The van der Waals surface area contributed by atoms with Crippen molar-refractivity contribution in [1.82, 2.24) is 14.8 Å². The molecule has 0 N–H and O–H groups in total. The van der Waals surface area contributed by atoms with Gasteiger partial charge in [-0.05, 0) is 32.5 Å². The van der Waals surface area contributed by atoms with Crippen molar-refractivity contribution < 1.29 is 9.18 Å². The van der Waals surface area contributed by atoms with E-state index in [1.54, 1.807) is 12.1 Å². The molecular weight excluding hydrogens is 379 g/mol. The Morgan fingerprint density at radius 2 is 1.83 bits per heavy atom. The third-order valence-electron chi connectivity index (χ3n) is 6.08. The molecule has 1 fully saturated rings. The summed E-state index contributed by atoms with van der Waals surface area (Å²) < 4.78 is 14.6. The number of rotatable bonds is 4. The van der Waals surface area contributed by atoms with Crippen LogP contribution in [0, 0.1) is 19.7 Å². The lowest BCUT2D eigenvalue weighted by molar-refractivity contribution is -0.134. The molecule has 1 amide bonds. The Morgan fingerprint density at radius 3 is 2.53 bits per heavy atom. The van der Waals surface area contributed by atoms with Gasteiger partial charge in [0, 0.05) is 43.7 Å². The second-order valence-corrected chi connectivity index (χ2v) is 8.42. The molecule has 2 aliphatic heterocycles. The fraction of sp³-hybridized carbons (Fsp3) is 0.417. The number of nitrogens with zero attached hydrogens (tertiary/aromatic N) is 4. The molecule has 1 atom stereocenters. The van der Waals surface area contributed by atoms with Gasteiger partial charge in [-0.2, -0.15) is 5.10 Å². The normalized spacial score (nSPS) is 20.5. The van der Waals surface area contributed by atoms with Gasteiger partial charge in [-0.25, -0.2) is 9.40 Å². The fourth-order valence-electron chi connectivity index (χ4n) is 4.30. The number of aryl methyl sites for hydroxylation is 2. The van der Waals surface area contributed by atoms with Crippen molar-refractivity contribution in [2.75, 3.05) is 39.8 Å². The number of hydrogen-bond donors (Lipinski definition) is 0. The van der Waals surface area contributed by atoms with Crippen molar-refractivity contribution in [1.29, 1.82) is 0 Å². The molecule has 5 nitrogen and oxygen atoms in total. The summed E-state index contributed by atoms with van der Waals surface area (Å²) >= 11 is 0. The highest BCUT2D eigenvalue weighted by Crippen LogP contribution is 2.35. The molecule has 1 unspecified atom stereocenters. The molecule has 0 aromatic heterocycles. The molecule has 2 aliphatic rings. The van der Waals surface area contributed by atoms with E-state index in [9.17, 15) is 9.18 Å². The largest absolute Gasteiger partial charge is 0.304 e. The highest BCUT2D eigenvalue weighted by atomic mass is 19.1. The predicted octanol–water partition coefficient (Wildman–Crippen LogP) is 3.37. The van der Waals surface area contributed by atoms with Crippen molar-refractivity contribution in [2.45, 2.75) is 26.3 Å². The van der Waals surface area contributed by atoms with Gasteiger partial charge in [0.15, 0.2) is 0 Å². The van der Waals surface area contributed by atoms with E-state index in [0.29, 0.717) is 18.5 Å². The average Bonchev–Trinajstić information content (AvgIpc) is 3.15. The van der Waals surface area contributed by atoms with Crippen LogP contribution in [0.25, 0.3) is 0 Å². The number of hydrogen-bond acceptors (Lipinski definition) is 4. The van der Waals surface area contributed by atoms with Crippen molar-refractivity contribution in [3.63, 3.8) is 0 Å². The quantitative estimate of drug-likeness (QED) is 0.779. The van der Waals surface area contributed by atoms with Crippen LogP contribution in [0.3, 0.4) is 0 Å². The molecule has 30 heavy (non-hydrogen) atoms. The second-order valence-electron chi connectivity index (χ2n) is 8.42. The average molecular weight is 409 g/mol. The van der Waals surface area contributed by atoms with E-state index in [-0.39, 0.29) is 11.7 Å². The minimum absolute atomic E-state index is 0.0763. The van der Waals surface area contributed by atoms with Gasteiger partial charge in [0.05, 0.1) is 18.3 Å². The third-order valence-corrected chi connectivity index (χ3v) is 6.08. The summed E-state index contributed by atoms with van der Waals surface area (Å²) in [6.07, 6.45) is 0.513. The highest BCUT2D eigenvalue weighted by Gasteiger charge is 2.35. The Balaban J connectivity index is 1.62. The molecule has 0 radical (unpaired) electrons. The van der Waals surface area contributed by atoms with Crippen LogP contribution in [0.5, 0.6) is 0 Å². The predicted molar refractivity (Wildman–Crippen MR) is 117 cm³/mol. The van der Waals surface area contributed by atoms with Gasteiger partial charge in [0.2, 0.25) is 0 Å². The number of halogens is 1. The second kappa shape index (κ2) is 8.66. The van der Waals surface area contributed by atoms with E-state index in [1.807, 2.05) is 6.07 Å². The van der Waals surface area contributed by atoms with E-state index in [1.165, 1.54) is 16.6 Å². The lowest BCUT2D eigenvalue weighted by atomic mass is 9.95. The van der Waals surface area contributed by atoms with Gasteiger partial charge in [-0.15, -0.1) is 0 Å². The van der Waals surface area contributed by atoms with Crippen molar-refractivity contribution in [3.05, 3.63) is 70.5 Å². The summed E-state index contributed by atoms with van der Waals surface area (Å²) in [5, 5.41) is 6.24. The first-order valence-corrected chi connectivity index (χ1v) is 10.5. The van der Waals surface area contributed by atoms with Crippen LogP contribution < -0.4 is 0 Å². The molecule has 158 valence electrons. The van der Waals surface area contributed by atoms with Gasteiger partial charge in [-0.3, -0.25) is 9.69 Å². The molecule has 6 heteroatoms. The van der Waals surface area contributed by atoms with E-state index in [0.717, 1.165) is 43.0 Å². The minimum atomic E-state index is -0.415. The Bertz CT molecular complexity index is 965. The van der Waals surface area contributed by atoms with Gasteiger partial charge < -0.3 is 4.90 Å². The molecule has 2 heterocycles. The van der Waals surface area contributed by atoms with Gasteiger partial charge in [0.25, 0.3) is 5.91 Å². The molecule has 4 rings (SSSR count). The first-order valence-electron chi connectivity index (χ1n) is 10.5. The van der Waals surface area contributed by atoms with Crippen LogP contribution in [0.1, 0.15) is 34.7 Å². The number of hydrazone groups is 1. The molecule has 0 bridgehead atoms. The summed E-state index contributed by atoms with van der Waals surface area (Å²) in [4.78, 5) is 17.7. The topological polar surface area (TPSA) is 39.2 Å². The monoisotopic (exact) mass is 408 g/mol. The molecule has 2 aromatic rings. The molecule has 2 aromatic carbocycles. The van der Waals surface area contributed by atoms with Crippen LogP contribution in [0.4, 0.5) is 4.39 Å². The number of amides is 1. The van der Waals surface area contributed by atoms with E-state index >= 15 is 0 Å². The third kappa shape index (κ3) is 4.30. The number of piperazine rings is 1. The van der Waals surface area contributed by atoms with Crippen LogP contribution in [0.15, 0.2) is 47.6 Å². The van der Waals surface area contributed by atoms with Crippen LogP contribution in [-0.2, 0) is 4.79 Å². The minimum Gasteiger partial charge on any atom is -0.304 e. The Kier molecular flexibility index (Phi) is 5.97. The van der Waals surface area contributed by atoms with E-state index in [2.05, 4.69) is 48.9 Å². The molecule has 1 saturated heterocycles.